The monoisotopic (exact) mass is 196 g/mol. The molecule has 1 heterocycles. The molecule has 2 atom stereocenters. The molecule has 3 nitrogen and oxygen atoms in total. The van der Waals surface area contributed by atoms with Crippen molar-refractivity contribution in [2.45, 2.75) is 39.2 Å². The Morgan fingerprint density at radius 3 is 2.79 bits per heavy atom. The minimum absolute atomic E-state index is 0.420. The van der Waals surface area contributed by atoms with E-state index in [-0.39, 0.29) is 0 Å². The smallest absolute Gasteiger partial charge is 0.137 e. The van der Waals surface area contributed by atoms with Crippen molar-refractivity contribution in [3.63, 3.8) is 0 Å². The average Bonchev–Trinajstić information content (AvgIpc) is 2.51. The van der Waals surface area contributed by atoms with Crippen molar-refractivity contribution in [2.24, 2.45) is 13.0 Å². The number of aliphatic hydroxyl groups excluding tert-OH is 1. The lowest BCUT2D eigenvalue weighted by molar-refractivity contribution is 0.133. The van der Waals surface area contributed by atoms with Gasteiger partial charge in [0, 0.05) is 19.4 Å². The molecule has 0 bridgehead atoms. The number of aromatic nitrogens is 2. The predicted octanol–water partition coefficient (Wildman–Crippen LogP) is 2.28. The summed E-state index contributed by atoms with van der Waals surface area (Å²) in [6.07, 6.45) is 6.32. The van der Waals surface area contributed by atoms with Crippen LogP contribution >= 0.6 is 0 Å². The van der Waals surface area contributed by atoms with Gasteiger partial charge < -0.3 is 9.67 Å². The molecule has 0 aliphatic carbocycles. The molecule has 3 heteroatoms. The Kier molecular flexibility index (Phi) is 4.14. The number of rotatable bonds is 5. The zero-order valence-electron chi connectivity index (χ0n) is 9.27. The van der Waals surface area contributed by atoms with Gasteiger partial charge in [0.15, 0.2) is 0 Å². The minimum atomic E-state index is -0.420. The third-order valence-corrected chi connectivity index (χ3v) is 2.56. The van der Waals surface area contributed by atoms with Crippen molar-refractivity contribution >= 4 is 0 Å². The molecule has 0 spiro atoms. The summed E-state index contributed by atoms with van der Waals surface area (Å²) in [5.41, 5.74) is 0. The van der Waals surface area contributed by atoms with Gasteiger partial charge in [-0.2, -0.15) is 0 Å². The highest BCUT2D eigenvalue weighted by molar-refractivity contribution is 4.95. The maximum Gasteiger partial charge on any atom is 0.137 e. The molecule has 1 aromatic rings. The largest absolute Gasteiger partial charge is 0.385 e. The van der Waals surface area contributed by atoms with Crippen molar-refractivity contribution in [3.8, 4) is 0 Å². The fourth-order valence-corrected chi connectivity index (χ4v) is 1.80. The Balaban J connectivity index is 2.50. The molecule has 1 rings (SSSR count). The predicted molar refractivity (Wildman–Crippen MR) is 56.9 cm³/mol. The normalized spacial score (nSPS) is 15.4. The Labute approximate surface area is 85.8 Å². The third-order valence-electron chi connectivity index (χ3n) is 2.56. The number of imidazole rings is 1. The lowest BCUT2D eigenvalue weighted by Gasteiger charge is -2.15. The van der Waals surface area contributed by atoms with E-state index in [1.54, 1.807) is 6.20 Å². The van der Waals surface area contributed by atoms with Crippen LogP contribution in [0, 0.1) is 5.92 Å². The highest BCUT2D eigenvalue weighted by atomic mass is 16.3. The van der Waals surface area contributed by atoms with E-state index in [9.17, 15) is 5.11 Å². The second kappa shape index (κ2) is 5.15. The van der Waals surface area contributed by atoms with Crippen LogP contribution in [0.25, 0.3) is 0 Å². The van der Waals surface area contributed by atoms with Crippen LogP contribution in [0.4, 0.5) is 0 Å². The Hall–Kier alpha value is -0.830. The Morgan fingerprint density at radius 2 is 2.29 bits per heavy atom. The Morgan fingerprint density at radius 1 is 1.57 bits per heavy atom. The van der Waals surface area contributed by atoms with Gasteiger partial charge in [-0.25, -0.2) is 4.98 Å². The van der Waals surface area contributed by atoms with Gasteiger partial charge in [0.05, 0.1) is 0 Å². The van der Waals surface area contributed by atoms with Gasteiger partial charge in [-0.1, -0.05) is 26.7 Å². The molecule has 0 aliphatic rings. The van der Waals surface area contributed by atoms with Gasteiger partial charge >= 0.3 is 0 Å². The lowest BCUT2D eigenvalue weighted by Crippen LogP contribution is -2.09. The van der Waals surface area contributed by atoms with Crippen molar-refractivity contribution in [2.75, 3.05) is 0 Å². The molecule has 0 fully saturated rings. The summed E-state index contributed by atoms with van der Waals surface area (Å²) in [4.78, 5) is 4.14. The summed E-state index contributed by atoms with van der Waals surface area (Å²) in [6, 6.07) is 0. The van der Waals surface area contributed by atoms with Crippen molar-refractivity contribution in [1.29, 1.82) is 0 Å². The molecule has 0 aliphatic heterocycles. The van der Waals surface area contributed by atoms with Gasteiger partial charge in [0.25, 0.3) is 0 Å². The molecule has 14 heavy (non-hydrogen) atoms. The van der Waals surface area contributed by atoms with E-state index in [4.69, 9.17) is 0 Å². The molecule has 0 saturated heterocycles. The molecule has 0 saturated carbocycles. The summed E-state index contributed by atoms with van der Waals surface area (Å²) >= 11 is 0. The molecular formula is C11H20N2O. The van der Waals surface area contributed by atoms with Crippen LogP contribution in [0.15, 0.2) is 12.4 Å². The van der Waals surface area contributed by atoms with Gasteiger partial charge in [0.2, 0.25) is 0 Å². The highest BCUT2D eigenvalue weighted by Crippen LogP contribution is 2.21. The van der Waals surface area contributed by atoms with Crippen LogP contribution in [0.5, 0.6) is 0 Å². The lowest BCUT2D eigenvalue weighted by atomic mass is 9.98. The van der Waals surface area contributed by atoms with Gasteiger partial charge in [-0.15, -0.1) is 0 Å². The van der Waals surface area contributed by atoms with Crippen LogP contribution in [0.3, 0.4) is 0 Å². The molecular weight excluding hydrogens is 176 g/mol. The van der Waals surface area contributed by atoms with Crippen molar-refractivity contribution in [1.82, 2.24) is 9.55 Å². The number of hydrogen-bond acceptors (Lipinski definition) is 2. The van der Waals surface area contributed by atoms with E-state index in [0.29, 0.717) is 5.92 Å². The van der Waals surface area contributed by atoms with Gasteiger partial charge in [0.1, 0.15) is 11.9 Å². The molecule has 80 valence electrons. The average molecular weight is 196 g/mol. The van der Waals surface area contributed by atoms with E-state index in [1.165, 1.54) is 12.8 Å². The van der Waals surface area contributed by atoms with Crippen LogP contribution in [0.2, 0.25) is 0 Å². The number of aryl methyl sites for hydroxylation is 1. The first-order valence-electron chi connectivity index (χ1n) is 5.30. The molecule has 0 amide bonds. The summed E-state index contributed by atoms with van der Waals surface area (Å²) in [7, 11) is 1.91. The molecule has 1 aromatic heterocycles. The zero-order chi connectivity index (χ0) is 10.6. The second-order valence-electron chi connectivity index (χ2n) is 4.04. The minimum Gasteiger partial charge on any atom is -0.385 e. The number of aliphatic hydroxyl groups is 1. The van der Waals surface area contributed by atoms with E-state index in [0.717, 1.165) is 12.2 Å². The van der Waals surface area contributed by atoms with Crippen molar-refractivity contribution in [3.05, 3.63) is 18.2 Å². The topological polar surface area (TPSA) is 38.1 Å². The summed E-state index contributed by atoms with van der Waals surface area (Å²) in [5, 5.41) is 9.90. The molecule has 0 aromatic carbocycles. The fourth-order valence-electron chi connectivity index (χ4n) is 1.80. The standard InChI is InChI=1S/C11H20N2O/c1-4-5-9(2)8-10(14)11-12-6-7-13(11)3/h6-7,9-10,14H,4-5,8H2,1-3H3. The van der Waals surface area contributed by atoms with Gasteiger partial charge in [-0.05, 0) is 12.3 Å². The zero-order valence-corrected chi connectivity index (χ0v) is 9.27. The first kappa shape index (κ1) is 11.2. The maximum atomic E-state index is 9.90. The number of nitrogens with zero attached hydrogens (tertiary/aromatic N) is 2. The van der Waals surface area contributed by atoms with Crippen LogP contribution in [-0.4, -0.2) is 14.7 Å². The van der Waals surface area contributed by atoms with Crippen LogP contribution in [-0.2, 0) is 7.05 Å². The van der Waals surface area contributed by atoms with E-state index >= 15 is 0 Å². The molecule has 0 radical (unpaired) electrons. The highest BCUT2D eigenvalue weighted by Gasteiger charge is 2.15. The quantitative estimate of drug-likeness (QED) is 0.784. The van der Waals surface area contributed by atoms with E-state index in [1.807, 2.05) is 17.8 Å². The van der Waals surface area contributed by atoms with Gasteiger partial charge in [-0.3, -0.25) is 0 Å². The molecule has 1 N–H and O–H groups in total. The summed E-state index contributed by atoms with van der Waals surface area (Å²) in [5.74, 6) is 1.33. The van der Waals surface area contributed by atoms with E-state index in [2.05, 4.69) is 18.8 Å². The SMILES string of the molecule is CCCC(C)CC(O)c1nccn1C. The summed E-state index contributed by atoms with van der Waals surface area (Å²) < 4.78 is 1.88. The fraction of sp³-hybridized carbons (Fsp3) is 0.727. The van der Waals surface area contributed by atoms with Crippen molar-refractivity contribution < 1.29 is 5.11 Å². The summed E-state index contributed by atoms with van der Waals surface area (Å²) in [6.45, 7) is 4.35. The second-order valence-corrected chi connectivity index (χ2v) is 4.04. The van der Waals surface area contributed by atoms with E-state index < -0.39 is 6.10 Å². The van der Waals surface area contributed by atoms with Crippen LogP contribution in [0.1, 0.15) is 45.0 Å². The molecule has 2 unspecified atom stereocenters. The van der Waals surface area contributed by atoms with Crippen LogP contribution < -0.4 is 0 Å². The first-order valence-corrected chi connectivity index (χ1v) is 5.30. The number of hydrogen-bond donors (Lipinski definition) is 1. The first-order chi connectivity index (χ1) is 6.65. The third kappa shape index (κ3) is 2.84. The Bertz CT molecular complexity index is 270. The maximum absolute atomic E-state index is 9.90.